The van der Waals surface area contributed by atoms with E-state index in [1.807, 2.05) is 0 Å². The molecule has 0 fully saturated rings. The first-order valence-corrected chi connectivity index (χ1v) is 5.78. The van der Waals surface area contributed by atoms with Crippen molar-refractivity contribution >= 4 is 17.4 Å². The number of rotatable bonds is 3. The number of halogens is 3. The highest BCUT2D eigenvalue weighted by molar-refractivity contribution is 6.30. The minimum absolute atomic E-state index is 0.0294. The normalized spacial score (nSPS) is 10.3. The summed E-state index contributed by atoms with van der Waals surface area (Å²) in [5, 5.41) is -0.0294. The molecule has 5 heteroatoms. The Hall–Kier alpha value is -1.94. The first-order valence-electron chi connectivity index (χ1n) is 5.41. The summed E-state index contributed by atoms with van der Waals surface area (Å²) in [6.45, 7) is 1.30. The van der Waals surface area contributed by atoms with Crippen LogP contribution in [0.4, 0.5) is 8.78 Å². The first-order chi connectivity index (χ1) is 8.97. The molecule has 0 atom stereocenters. The fourth-order valence-electron chi connectivity index (χ4n) is 1.53. The molecule has 0 unspecified atom stereocenters. The number of ketones is 1. The molecule has 2 nitrogen and oxygen atoms in total. The Balaban J connectivity index is 2.37. The Labute approximate surface area is 113 Å². The first kappa shape index (κ1) is 13.5. The van der Waals surface area contributed by atoms with Crippen LogP contribution in [0.25, 0.3) is 0 Å². The lowest BCUT2D eigenvalue weighted by atomic mass is 10.1. The van der Waals surface area contributed by atoms with Crippen LogP contribution in [-0.4, -0.2) is 5.78 Å². The van der Waals surface area contributed by atoms with Gasteiger partial charge in [0, 0.05) is 6.07 Å². The van der Waals surface area contributed by atoms with Gasteiger partial charge < -0.3 is 4.74 Å². The van der Waals surface area contributed by atoms with Gasteiger partial charge in [-0.1, -0.05) is 11.6 Å². The third kappa shape index (κ3) is 3.09. The fourth-order valence-corrected chi connectivity index (χ4v) is 1.65. The number of benzene rings is 2. The molecule has 0 aromatic heterocycles. The van der Waals surface area contributed by atoms with Gasteiger partial charge in [0.05, 0.1) is 10.6 Å². The van der Waals surface area contributed by atoms with Gasteiger partial charge in [0.25, 0.3) is 0 Å². The molecule has 98 valence electrons. The molecule has 0 heterocycles. The molecule has 0 aliphatic heterocycles. The van der Waals surface area contributed by atoms with Crippen LogP contribution in [0.1, 0.15) is 17.3 Å². The molecule has 0 amide bonds. The van der Waals surface area contributed by atoms with Crippen molar-refractivity contribution in [2.75, 3.05) is 0 Å². The molecule has 2 aromatic rings. The van der Waals surface area contributed by atoms with E-state index in [0.717, 1.165) is 18.2 Å². The van der Waals surface area contributed by atoms with E-state index in [1.165, 1.54) is 25.1 Å². The van der Waals surface area contributed by atoms with Gasteiger partial charge in [-0.05, 0) is 37.3 Å². The number of hydrogen-bond donors (Lipinski definition) is 0. The zero-order valence-corrected chi connectivity index (χ0v) is 10.7. The third-order valence-electron chi connectivity index (χ3n) is 2.44. The standard InChI is InChI=1S/C14H9ClF2O2/c1-8(18)11-6-9(16)2-5-14(11)19-10-3-4-12(15)13(17)7-10/h2-7H,1H3. The van der Waals surface area contributed by atoms with Crippen LogP contribution in [0.5, 0.6) is 11.5 Å². The second-order valence-electron chi connectivity index (χ2n) is 3.87. The third-order valence-corrected chi connectivity index (χ3v) is 2.75. The lowest BCUT2D eigenvalue weighted by Crippen LogP contribution is -1.98. The largest absolute Gasteiger partial charge is 0.456 e. The van der Waals surface area contributed by atoms with Crippen LogP contribution >= 0.6 is 11.6 Å². The second kappa shape index (κ2) is 5.36. The zero-order valence-electron chi connectivity index (χ0n) is 9.91. The number of carbonyl (C=O) groups is 1. The lowest BCUT2D eigenvalue weighted by molar-refractivity contribution is 0.101. The van der Waals surface area contributed by atoms with E-state index in [0.29, 0.717) is 0 Å². The van der Waals surface area contributed by atoms with Crippen molar-refractivity contribution in [2.45, 2.75) is 6.92 Å². The average molecular weight is 283 g/mol. The van der Waals surface area contributed by atoms with Gasteiger partial charge in [-0.2, -0.15) is 0 Å². The van der Waals surface area contributed by atoms with Crippen LogP contribution in [0.15, 0.2) is 36.4 Å². The summed E-state index contributed by atoms with van der Waals surface area (Å²) in [5.41, 5.74) is 0.0929. The highest BCUT2D eigenvalue weighted by Crippen LogP contribution is 2.28. The molecule has 0 N–H and O–H groups in total. The van der Waals surface area contributed by atoms with Crippen LogP contribution in [0.3, 0.4) is 0 Å². The second-order valence-corrected chi connectivity index (χ2v) is 4.28. The molecular formula is C14H9ClF2O2. The maximum absolute atomic E-state index is 13.3. The summed E-state index contributed by atoms with van der Waals surface area (Å²) in [5.74, 6) is -1.18. The van der Waals surface area contributed by atoms with E-state index in [9.17, 15) is 13.6 Å². The van der Waals surface area contributed by atoms with Gasteiger partial charge >= 0.3 is 0 Å². The van der Waals surface area contributed by atoms with Crippen LogP contribution in [0.2, 0.25) is 5.02 Å². The van der Waals surface area contributed by atoms with Gasteiger partial charge in [-0.15, -0.1) is 0 Å². The highest BCUT2D eigenvalue weighted by atomic mass is 35.5. The lowest BCUT2D eigenvalue weighted by Gasteiger charge is -2.09. The minimum Gasteiger partial charge on any atom is -0.456 e. The molecule has 2 aromatic carbocycles. The van der Waals surface area contributed by atoms with E-state index >= 15 is 0 Å². The summed E-state index contributed by atoms with van der Waals surface area (Å²) in [7, 11) is 0. The Morgan fingerprint density at radius 2 is 1.89 bits per heavy atom. The maximum Gasteiger partial charge on any atom is 0.163 e. The van der Waals surface area contributed by atoms with Crippen LogP contribution in [-0.2, 0) is 0 Å². The predicted octanol–water partition coefficient (Wildman–Crippen LogP) is 4.61. The van der Waals surface area contributed by atoms with E-state index < -0.39 is 11.6 Å². The van der Waals surface area contributed by atoms with Gasteiger partial charge in [0.2, 0.25) is 0 Å². The molecule has 19 heavy (non-hydrogen) atoms. The van der Waals surface area contributed by atoms with Gasteiger partial charge in [0.15, 0.2) is 5.78 Å². The average Bonchev–Trinajstić information content (AvgIpc) is 2.36. The van der Waals surface area contributed by atoms with E-state index in [4.69, 9.17) is 16.3 Å². The summed E-state index contributed by atoms with van der Waals surface area (Å²) < 4.78 is 31.7. The number of carbonyl (C=O) groups excluding carboxylic acids is 1. The zero-order chi connectivity index (χ0) is 14.0. The smallest absolute Gasteiger partial charge is 0.163 e. The monoisotopic (exact) mass is 282 g/mol. The fraction of sp³-hybridized carbons (Fsp3) is 0.0714. The summed E-state index contributed by atoms with van der Waals surface area (Å²) >= 11 is 5.55. The maximum atomic E-state index is 13.3. The Morgan fingerprint density at radius 3 is 2.53 bits per heavy atom. The van der Waals surface area contributed by atoms with Crippen molar-refractivity contribution in [1.29, 1.82) is 0 Å². The minimum atomic E-state index is -0.634. The van der Waals surface area contributed by atoms with Crippen molar-refractivity contribution in [3.8, 4) is 11.5 Å². The van der Waals surface area contributed by atoms with Gasteiger partial charge in [0.1, 0.15) is 23.1 Å². The van der Waals surface area contributed by atoms with Crippen molar-refractivity contribution in [3.63, 3.8) is 0 Å². The van der Waals surface area contributed by atoms with Gasteiger partial charge in [-0.25, -0.2) is 8.78 Å². The molecule has 0 bridgehead atoms. The summed E-state index contributed by atoms with van der Waals surface area (Å²) in [6, 6.07) is 7.44. The van der Waals surface area contributed by atoms with E-state index in [1.54, 1.807) is 0 Å². The molecule has 0 saturated heterocycles. The Morgan fingerprint density at radius 1 is 1.16 bits per heavy atom. The SMILES string of the molecule is CC(=O)c1cc(F)ccc1Oc1ccc(Cl)c(F)c1. The van der Waals surface area contributed by atoms with E-state index in [-0.39, 0.29) is 27.9 Å². The van der Waals surface area contributed by atoms with Crippen LogP contribution < -0.4 is 4.74 Å². The molecule has 0 spiro atoms. The predicted molar refractivity (Wildman–Crippen MR) is 67.9 cm³/mol. The molecular weight excluding hydrogens is 274 g/mol. The summed E-state index contributed by atoms with van der Waals surface area (Å²) in [6.07, 6.45) is 0. The number of ether oxygens (including phenoxy) is 1. The van der Waals surface area contributed by atoms with Crippen molar-refractivity contribution in [2.24, 2.45) is 0 Å². The number of hydrogen-bond acceptors (Lipinski definition) is 2. The van der Waals surface area contributed by atoms with Crippen LogP contribution in [0, 0.1) is 11.6 Å². The van der Waals surface area contributed by atoms with Gasteiger partial charge in [-0.3, -0.25) is 4.79 Å². The molecule has 0 aliphatic carbocycles. The van der Waals surface area contributed by atoms with Crippen molar-refractivity contribution in [3.05, 3.63) is 58.6 Å². The quantitative estimate of drug-likeness (QED) is 0.768. The van der Waals surface area contributed by atoms with Crippen molar-refractivity contribution in [1.82, 2.24) is 0 Å². The van der Waals surface area contributed by atoms with E-state index in [2.05, 4.69) is 0 Å². The molecule has 0 radical (unpaired) electrons. The highest BCUT2D eigenvalue weighted by Gasteiger charge is 2.11. The Kier molecular flexibility index (Phi) is 3.81. The molecule has 2 rings (SSSR count). The number of Topliss-reactive ketones (excluding diaryl/α,β-unsaturated/α-hetero) is 1. The van der Waals surface area contributed by atoms with Crippen molar-refractivity contribution < 1.29 is 18.3 Å². The molecule has 0 aliphatic rings. The molecule has 0 saturated carbocycles. The Bertz CT molecular complexity index is 641. The summed E-state index contributed by atoms with van der Waals surface area (Å²) in [4.78, 5) is 11.4. The topological polar surface area (TPSA) is 26.3 Å².